The molecule has 0 unspecified atom stereocenters. The van der Waals surface area contributed by atoms with Gasteiger partial charge in [-0.1, -0.05) is 0 Å². The third-order valence-electron chi connectivity index (χ3n) is 6.58. The summed E-state index contributed by atoms with van der Waals surface area (Å²) >= 11 is 0. The highest BCUT2D eigenvalue weighted by Crippen LogP contribution is 2.42. The van der Waals surface area contributed by atoms with Crippen LogP contribution in [-0.4, -0.2) is 46.6 Å². The Morgan fingerprint density at radius 3 is 2.38 bits per heavy atom. The lowest BCUT2D eigenvalue weighted by Gasteiger charge is -2.32. The Labute approximate surface area is 210 Å². The van der Waals surface area contributed by atoms with Gasteiger partial charge in [0.25, 0.3) is 0 Å². The summed E-state index contributed by atoms with van der Waals surface area (Å²) in [5.74, 6) is -0.265. The number of piperidine rings is 1. The summed E-state index contributed by atoms with van der Waals surface area (Å²) in [5.41, 5.74) is 2.91. The fraction of sp³-hybridized carbons (Fsp3) is 0.280. The Bertz CT molecular complexity index is 1620. The second-order valence-corrected chi connectivity index (χ2v) is 11.0. The number of aromatic nitrogens is 3. The molecule has 4 aromatic rings. The van der Waals surface area contributed by atoms with Crippen molar-refractivity contribution in [2.45, 2.75) is 37.0 Å². The fourth-order valence-corrected chi connectivity index (χ4v) is 6.28. The van der Waals surface area contributed by atoms with Crippen LogP contribution in [0.5, 0.6) is 11.5 Å². The molecule has 1 saturated heterocycles. The Kier molecular flexibility index (Phi) is 5.42. The van der Waals surface area contributed by atoms with Crippen molar-refractivity contribution in [3.63, 3.8) is 0 Å². The molecule has 0 radical (unpaired) electrons. The zero-order valence-electron chi connectivity index (χ0n) is 19.6. The maximum absolute atomic E-state index is 13.6. The van der Waals surface area contributed by atoms with Gasteiger partial charge in [0, 0.05) is 36.5 Å². The number of aryl methyl sites for hydroxylation is 1. The van der Waals surface area contributed by atoms with Crippen molar-refractivity contribution in [2.24, 2.45) is 0 Å². The lowest BCUT2D eigenvalue weighted by molar-refractivity contribution is -0.286. The molecule has 6 rings (SSSR count). The number of sulfonamides is 1. The predicted molar refractivity (Wildman–Crippen MR) is 127 cm³/mol. The molecule has 2 aliphatic rings. The molecule has 0 N–H and O–H groups in total. The van der Waals surface area contributed by atoms with Crippen molar-refractivity contribution in [1.29, 1.82) is 0 Å². The standard InChI is InChI=1S/C25H21F3N4O4S/c1-15-2-8-20-24(29-15)32(23(30-20)16-3-5-17(26)6-4-16)18-10-12-31(13-11-18)37(33,34)19-7-9-21-22(14-19)36-25(27,28)35-21/h2-9,14,18H,10-13H2,1H3. The number of hydrogen-bond acceptors (Lipinski definition) is 6. The van der Waals surface area contributed by atoms with Crippen LogP contribution in [0.25, 0.3) is 22.6 Å². The van der Waals surface area contributed by atoms with Gasteiger partial charge in [0.1, 0.15) is 17.2 Å². The highest BCUT2D eigenvalue weighted by Gasteiger charge is 2.44. The molecule has 0 spiro atoms. The number of hydrogen-bond donors (Lipinski definition) is 0. The van der Waals surface area contributed by atoms with E-state index < -0.39 is 16.3 Å². The summed E-state index contributed by atoms with van der Waals surface area (Å²) in [6, 6.07) is 13.1. The first-order valence-electron chi connectivity index (χ1n) is 11.6. The van der Waals surface area contributed by atoms with Crippen molar-refractivity contribution in [3.8, 4) is 22.9 Å². The van der Waals surface area contributed by atoms with E-state index in [2.05, 4.69) is 14.5 Å². The Hall–Kier alpha value is -3.64. The highest BCUT2D eigenvalue weighted by atomic mass is 32.2. The molecule has 0 amide bonds. The topological polar surface area (TPSA) is 86.6 Å². The van der Waals surface area contributed by atoms with Gasteiger partial charge < -0.3 is 14.0 Å². The van der Waals surface area contributed by atoms with Gasteiger partial charge in [-0.05, 0) is 68.3 Å². The van der Waals surface area contributed by atoms with Crippen molar-refractivity contribution in [1.82, 2.24) is 18.8 Å². The summed E-state index contributed by atoms with van der Waals surface area (Å²) in [6.07, 6.45) is -2.89. The second-order valence-electron chi connectivity index (χ2n) is 9.02. The van der Waals surface area contributed by atoms with Crippen LogP contribution < -0.4 is 9.47 Å². The van der Waals surface area contributed by atoms with Gasteiger partial charge in [-0.25, -0.2) is 22.8 Å². The zero-order chi connectivity index (χ0) is 25.9. The number of nitrogens with zero attached hydrogens (tertiary/aromatic N) is 4. The summed E-state index contributed by atoms with van der Waals surface area (Å²) < 4.78 is 79.0. The number of fused-ring (bicyclic) bond motifs is 2. The van der Waals surface area contributed by atoms with Crippen LogP contribution in [-0.2, 0) is 10.0 Å². The van der Waals surface area contributed by atoms with Crippen LogP contribution in [0.4, 0.5) is 13.2 Å². The lowest BCUT2D eigenvalue weighted by Crippen LogP contribution is -2.39. The highest BCUT2D eigenvalue weighted by molar-refractivity contribution is 7.89. The zero-order valence-corrected chi connectivity index (χ0v) is 20.4. The molecule has 12 heteroatoms. The van der Waals surface area contributed by atoms with E-state index in [0.29, 0.717) is 29.8 Å². The second kappa shape index (κ2) is 8.45. The van der Waals surface area contributed by atoms with Crippen molar-refractivity contribution in [3.05, 3.63) is 66.1 Å². The van der Waals surface area contributed by atoms with Crippen molar-refractivity contribution >= 4 is 21.2 Å². The van der Waals surface area contributed by atoms with Gasteiger partial charge in [0.05, 0.1) is 4.90 Å². The molecule has 192 valence electrons. The quantitative estimate of drug-likeness (QED) is 0.373. The SMILES string of the molecule is Cc1ccc2nc(-c3ccc(F)cc3)n(C3CCN(S(=O)(=O)c4ccc5c(c4)OC(F)(F)O5)CC3)c2n1. The first kappa shape index (κ1) is 23.7. The van der Waals surface area contributed by atoms with E-state index in [0.717, 1.165) is 23.4 Å². The number of imidazole rings is 1. The average Bonchev–Trinajstić information content (AvgIpc) is 3.39. The molecule has 4 heterocycles. The Morgan fingerprint density at radius 2 is 1.65 bits per heavy atom. The van der Waals surface area contributed by atoms with Gasteiger partial charge in [-0.2, -0.15) is 4.31 Å². The molecule has 0 aliphatic carbocycles. The number of ether oxygens (including phenoxy) is 2. The Morgan fingerprint density at radius 1 is 0.946 bits per heavy atom. The molecule has 2 aromatic heterocycles. The van der Waals surface area contributed by atoms with E-state index in [-0.39, 0.29) is 41.3 Å². The monoisotopic (exact) mass is 530 g/mol. The molecule has 1 fully saturated rings. The van der Waals surface area contributed by atoms with E-state index in [1.54, 1.807) is 12.1 Å². The molecule has 0 atom stereocenters. The first-order valence-corrected chi connectivity index (χ1v) is 13.1. The van der Waals surface area contributed by atoms with Gasteiger partial charge in [0.2, 0.25) is 10.0 Å². The van der Waals surface area contributed by atoms with Crippen LogP contribution in [0.1, 0.15) is 24.6 Å². The van der Waals surface area contributed by atoms with E-state index >= 15 is 0 Å². The molecule has 8 nitrogen and oxygen atoms in total. The number of pyridine rings is 1. The maximum atomic E-state index is 13.6. The summed E-state index contributed by atoms with van der Waals surface area (Å²) in [5, 5.41) is 0. The molecule has 0 saturated carbocycles. The van der Waals surface area contributed by atoms with Crippen LogP contribution >= 0.6 is 0 Å². The summed E-state index contributed by atoms with van der Waals surface area (Å²) in [4.78, 5) is 9.28. The molecule has 2 aliphatic heterocycles. The maximum Gasteiger partial charge on any atom is 0.586 e. The number of rotatable bonds is 4. The third kappa shape index (κ3) is 4.19. The Balaban J connectivity index is 1.29. The molecule has 2 aromatic carbocycles. The molecular formula is C25H21F3N4O4S. The van der Waals surface area contributed by atoms with Gasteiger partial charge >= 0.3 is 6.29 Å². The number of halogens is 3. The molecule has 0 bridgehead atoms. The van der Waals surface area contributed by atoms with Crippen LogP contribution in [0.15, 0.2) is 59.5 Å². The predicted octanol–water partition coefficient (Wildman–Crippen LogP) is 4.89. The summed E-state index contributed by atoms with van der Waals surface area (Å²) in [6.45, 7) is 2.28. The minimum absolute atomic E-state index is 0.110. The largest absolute Gasteiger partial charge is 0.586 e. The van der Waals surface area contributed by atoms with E-state index in [1.807, 2.05) is 23.6 Å². The average molecular weight is 531 g/mol. The van der Waals surface area contributed by atoms with E-state index in [4.69, 9.17) is 4.98 Å². The van der Waals surface area contributed by atoms with Crippen LogP contribution in [0.2, 0.25) is 0 Å². The fourth-order valence-electron chi connectivity index (χ4n) is 4.80. The minimum atomic E-state index is -3.96. The first-order chi connectivity index (χ1) is 17.6. The summed E-state index contributed by atoms with van der Waals surface area (Å²) in [7, 11) is -3.96. The normalized spacial score (nSPS) is 17.9. The molecule has 37 heavy (non-hydrogen) atoms. The third-order valence-corrected chi connectivity index (χ3v) is 8.47. The van der Waals surface area contributed by atoms with Crippen molar-refractivity contribution < 1.29 is 31.1 Å². The van der Waals surface area contributed by atoms with Crippen molar-refractivity contribution in [2.75, 3.05) is 13.1 Å². The van der Waals surface area contributed by atoms with Crippen LogP contribution in [0.3, 0.4) is 0 Å². The van der Waals surface area contributed by atoms with Gasteiger partial charge in [0.15, 0.2) is 17.1 Å². The van der Waals surface area contributed by atoms with E-state index in [1.165, 1.54) is 22.5 Å². The van der Waals surface area contributed by atoms with Gasteiger partial charge in [-0.15, -0.1) is 8.78 Å². The molecular weight excluding hydrogens is 509 g/mol. The van der Waals surface area contributed by atoms with Crippen LogP contribution in [0, 0.1) is 12.7 Å². The van der Waals surface area contributed by atoms with Gasteiger partial charge in [-0.3, -0.25) is 0 Å². The smallest absolute Gasteiger partial charge is 0.395 e. The number of alkyl halides is 2. The number of benzene rings is 2. The van der Waals surface area contributed by atoms with E-state index in [9.17, 15) is 21.6 Å². The minimum Gasteiger partial charge on any atom is -0.395 e. The lowest BCUT2D eigenvalue weighted by atomic mass is 10.1.